The molecule has 0 amide bonds. The first-order valence-corrected chi connectivity index (χ1v) is 10.8. The zero-order valence-corrected chi connectivity index (χ0v) is 19.0. The summed E-state index contributed by atoms with van der Waals surface area (Å²) in [5, 5.41) is 20.1. The van der Waals surface area contributed by atoms with E-state index in [1.807, 2.05) is 45.9 Å². The monoisotopic (exact) mass is 420 g/mol. The first-order chi connectivity index (χ1) is 13.6. The molecule has 0 spiro atoms. The molecule has 29 heavy (non-hydrogen) atoms. The zero-order chi connectivity index (χ0) is 21.8. The maximum atomic E-state index is 13.3. The van der Waals surface area contributed by atoms with E-state index >= 15 is 0 Å². The molecule has 0 unspecified atom stereocenters. The van der Waals surface area contributed by atoms with Crippen LogP contribution in [-0.4, -0.2) is 34.6 Å². The average Bonchev–Trinajstić information content (AvgIpc) is 2.61. The molecule has 0 atom stereocenters. The average molecular weight is 421 g/mol. The highest BCUT2D eigenvalue weighted by atomic mass is 32.1. The molecule has 2 rings (SSSR count). The molecule has 0 bridgehead atoms. The third-order valence-corrected chi connectivity index (χ3v) is 5.70. The van der Waals surface area contributed by atoms with E-state index in [0.29, 0.717) is 28.5 Å². The molecule has 2 N–H and O–H groups in total. The molecule has 0 radical (unpaired) electrons. The first-order valence-electron chi connectivity index (χ1n) is 9.94. The number of fused-ring (bicyclic) bond motifs is 1. The van der Waals surface area contributed by atoms with Crippen LogP contribution in [0.1, 0.15) is 54.4 Å². The Morgan fingerprint density at radius 1 is 1.10 bits per heavy atom. The van der Waals surface area contributed by atoms with Crippen LogP contribution in [0.4, 0.5) is 0 Å². The molecule has 1 aromatic carbocycles. The van der Waals surface area contributed by atoms with Gasteiger partial charge in [-0.2, -0.15) is 0 Å². The number of rotatable bonds is 8. The Kier molecular flexibility index (Phi) is 7.49. The normalized spacial score (nSPS) is 13.9. The van der Waals surface area contributed by atoms with Gasteiger partial charge in [-0.05, 0) is 47.1 Å². The Balaban J connectivity index is 2.84. The summed E-state index contributed by atoms with van der Waals surface area (Å²) in [7, 11) is 0. The van der Waals surface area contributed by atoms with Crippen LogP contribution in [0.25, 0.3) is 22.2 Å². The van der Waals surface area contributed by atoms with Crippen molar-refractivity contribution in [2.75, 3.05) is 13.2 Å². The summed E-state index contributed by atoms with van der Waals surface area (Å²) >= 11 is 1.52. The van der Waals surface area contributed by atoms with Crippen LogP contribution >= 0.6 is 11.3 Å². The Morgan fingerprint density at radius 3 is 2.34 bits per heavy atom. The lowest BCUT2D eigenvalue weighted by Crippen LogP contribution is -2.38. The van der Waals surface area contributed by atoms with Gasteiger partial charge < -0.3 is 19.7 Å². The Bertz CT molecular complexity index is 1030. The second-order valence-electron chi connectivity index (χ2n) is 8.26. The molecule has 0 saturated carbocycles. The second-order valence-corrected chi connectivity index (χ2v) is 9.34. The van der Waals surface area contributed by atoms with Crippen molar-refractivity contribution in [2.24, 2.45) is 0 Å². The minimum absolute atomic E-state index is 0.0140. The van der Waals surface area contributed by atoms with Crippen LogP contribution in [0.15, 0.2) is 16.9 Å². The fraction of sp³-hybridized carbons (Fsp3) is 0.522. The molecular formula is C23H32O5S. The van der Waals surface area contributed by atoms with Gasteiger partial charge in [-0.15, -0.1) is 11.3 Å². The van der Waals surface area contributed by atoms with Crippen LogP contribution < -0.4 is 24.7 Å². The number of aliphatic hydroxyl groups is 2. The minimum Gasteiger partial charge on any atom is -0.488 e. The molecule has 1 aromatic heterocycles. The van der Waals surface area contributed by atoms with Gasteiger partial charge in [0, 0.05) is 33.5 Å². The molecule has 1 heterocycles. The summed E-state index contributed by atoms with van der Waals surface area (Å²) in [5.74, 6) is 0.953. The van der Waals surface area contributed by atoms with Gasteiger partial charge in [-0.3, -0.25) is 4.79 Å². The zero-order valence-electron chi connectivity index (χ0n) is 18.2. The van der Waals surface area contributed by atoms with Gasteiger partial charge in [0.05, 0.1) is 12.0 Å². The molecule has 5 nitrogen and oxygen atoms in total. The van der Waals surface area contributed by atoms with Crippen molar-refractivity contribution in [1.82, 2.24) is 0 Å². The lowest BCUT2D eigenvalue weighted by atomic mass is 10.1. The van der Waals surface area contributed by atoms with Crippen LogP contribution in [0, 0.1) is 0 Å². The topological polar surface area (TPSA) is 76.0 Å². The lowest BCUT2D eigenvalue weighted by Gasteiger charge is -2.28. The van der Waals surface area contributed by atoms with Crippen LogP contribution in [-0.2, 0) is 0 Å². The summed E-state index contributed by atoms with van der Waals surface area (Å²) in [5.41, 5.74) is -1.52. The highest BCUT2D eigenvalue weighted by molar-refractivity contribution is 7.16. The molecule has 0 fully saturated rings. The van der Waals surface area contributed by atoms with Crippen molar-refractivity contribution < 1.29 is 19.7 Å². The Morgan fingerprint density at radius 2 is 1.79 bits per heavy atom. The minimum atomic E-state index is -0.854. The predicted molar refractivity (Wildman–Crippen MR) is 120 cm³/mol. The third-order valence-electron chi connectivity index (χ3n) is 4.55. The molecule has 0 saturated heterocycles. The van der Waals surface area contributed by atoms with Crippen molar-refractivity contribution in [1.29, 1.82) is 0 Å². The molecular weight excluding hydrogens is 388 g/mol. The molecule has 0 aliphatic carbocycles. The van der Waals surface area contributed by atoms with Gasteiger partial charge in [-0.25, -0.2) is 0 Å². The van der Waals surface area contributed by atoms with Gasteiger partial charge in [0.2, 0.25) is 0 Å². The number of hydrogen-bond acceptors (Lipinski definition) is 6. The van der Waals surface area contributed by atoms with Crippen molar-refractivity contribution >= 4 is 33.6 Å². The quantitative estimate of drug-likeness (QED) is 0.687. The summed E-state index contributed by atoms with van der Waals surface area (Å²) in [4.78, 5) is 13.3. The second kappa shape index (κ2) is 9.28. The molecule has 160 valence electrons. The van der Waals surface area contributed by atoms with Gasteiger partial charge in [0.25, 0.3) is 0 Å². The van der Waals surface area contributed by atoms with E-state index in [2.05, 4.69) is 0 Å². The van der Waals surface area contributed by atoms with E-state index in [0.717, 1.165) is 15.7 Å². The largest absolute Gasteiger partial charge is 0.488 e. The number of aliphatic hydroxyl groups excluding tert-OH is 2. The van der Waals surface area contributed by atoms with Crippen LogP contribution in [0.3, 0.4) is 0 Å². The number of benzene rings is 1. The Labute approximate surface area is 175 Å². The van der Waals surface area contributed by atoms with Gasteiger partial charge in [0.1, 0.15) is 22.7 Å². The Hall–Kier alpha value is -1.89. The lowest BCUT2D eigenvalue weighted by molar-refractivity contribution is 0.0414. The predicted octanol–water partition coefficient (Wildman–Crippen LogP) is 2.94. The highest BCUT2D eigenvalue weighted by Crippen LogP contribution is 2.34. The van der Waals surface area contributed by atoms with Gasteiger partial charge in [0.15, 0.2) is 5.43 Å². The van der Waals surface area contributed by atoms with Crippen LogP contribution in [0.2, 0.25) is 0 Å². The fourth-order valence-electron chi connectivity index (χ4n) is 3.01. The highest BCUT2D eigenvalue weighted by Gasteiger charge is 2.24. The van der Waals surface area contributed by atoms with E-state index in [9.17, 15) is 15.0 Å². The SMILES string of the molecule is C/C=c1/c(=O)c2c(OC(C)(C)CO)cc(OC(C)(C)CCO)cc2s/c1=C/CC. The number of ether oxygens (including phenoxy) is 2. The summed E-state index contributed by atoms with van der Waals surface area (Å²) in [6.07, 6.45) is 5.17. The molecule has 0 aliphatic heterocycles. The van der Waals surface area contributed by atoms with Crippen LogP contribution in [0.5, 0.6) is 11.5 Å². The van der Waals surface area contributed by atoms with Crippen molar-refractivity contribution in [3.05, 3.63) is 32.1 Å². The number of hydrogen-bond donors (Lipinski definition) is 2. The summed E-state index contributed by atoms with van der Waals surface area (Å²) in [6.45, 7) is 11.1. The van der Waals surface area contributed by atoms with E-state index in [1.165, 1.54) is 11.3 Å². The fourth-order valence-corrected chi connectivity index (χ4v) is 4.29. The maximum absolute atomic E-state index is 13.3. The first kappa shape index (κ1) is 23.4. The molecule has 2 aromatic rings. The van der Waals surface area contributed by atoms with E-state index in [1.54, 1.807) is 19.9 Å². The van der Waals surface area contributed by atoms with Gasteiger partial charge >= 0.3 is 0 Å². The third kappa shape index (κ3) is 5.59. The van der Waals surface area contributed by atoms with E-state index < -0.39 is 11.2 Å². The molecule has 6 heteroatoms. The molecule has 0 aliphatic rings. The van der Waals surface area contributed by atoms with Crippen molar-refractivity contribution in [2.45, 2.75) is 65.6 Å². The van der Waals surface area contributed by atoms with Crippen molar-refractivity contribution in [3.8, 4) is 11.5 Å². The van der Waals surface area contributed by atoms with Gasteiger partial charge in [-0.1, -0.05) is 19.1 Å². The standard InChI is InChI=1S/C23H32O5S/c1-7-9-18-16(8-2)21(26)20-17(28-23(5,6)14-25)12-15(13-19(20)29-18)27-22(3,4)10-11-24/h8-9,12-13,24-25H,7,10-11,14H2,1-6H3/b16-8+,18-9+. The van der Waals surface area contributed by atoms with Crippen molar-refractivity contribution in [3.63, 3.8) is 0 Å². The summed E-state index contributed by atoms with van der Waals surface area (Å²) < 4.78 is 13.9. The summed E-state index contributed by atoms with van der Waals surface area (Å²) in [6, 6.07) is 3.56. The van der Waals surface area contributed by atoms with E-state index in [-0.39, 0.29) is 18.6 Å². The van der Waals surface area contributed by atoms with E-state index in [4.69, 9.17) is 9.47 Å². The smallest absolute Gasteiger partial charge is 0.199 e. The maximum Gasteiger partial charge on any atom is 0.199 e.